The molecule has 0 N–H and O–H groups in total. The van der Waals surface area contributed by atoms with Gasteiger partial charge in [0.05, 0.1) is 5.69 Å². The van der Waals surface area contributed by atoms with Crippen LogP contribution in [0.2, 0.25) is 0 Å². The van der Waals surface area contributed by atoms with Crippen LogP contribution >= 0.6 is 0 Å². The average Bonchev–Trinajstić information content (AvgIpc) is 2.17. The molecule has 1 rings (SSSR count). The van der Waals surface area contributed by atoms with Crippen LogP contribution in [0, 0.1) is 0 Å². The SMILES string of the molecule is C=C(C)C(=O)N(F)c1ccccc1. The van der Waals surface area contributed by atoms with E-state index in [2.05, 4.69) is 6.58 Å². The van der Waals surface area contributed by atoms with E-state index in [1.165, 1.54) is 19.1 Å². The largest absolute Gasteiger partial charge is 0.281 e. The first-order valence-electron chi connectivity index (χ1n) is 3.83. The highest BCUT2D eigenvalue weighted by Crippen LogP contribution is 2.15. The normalized spacial score (nSPS) is 9.38. The van der Waals surface area contributed by atoms with E-state index in [0.29, 0.717) is 0 Å². The molecule has 3 heteroatoms. The van der Waals surface area contributed by atoms with Gasteiger partial charge < -0.3 is 0 Å². The van der Waals surface area contributed by atoms with Crippen molar-refractivity contribution in [3.8, 4) is 0 Å². The highest BCUT2D eigenvalue weighted by Gasteiger charge is 2.14. The molecular weight excluding hydrogens is 169 g/mol. The van der Waals surface area contributed by atoms with E-state index in [1.807, 2.05) is 0 Å². The summed E-state index contributed by atoms with van der Waals surface area (Å²) in [6.45, 7) is 4.84. The van der Waals surface area contributed by atoms with Gasteiger partial charge in [-0.3, -0.25) is 4.79 Å². The highest BCUT2D eigenvalue weighted by atomic mass is 19.2. The number of para-hydroxylation sites is 1. The standard InChI is InChI=1S/C10H10FNO/c1-8(2)10(13)12(11)9-6-4-3-5-7-9/h3-7H,1H2,2H3. The summed E-state index contributed by atoms with van der Waals surface area (Å²) in [7, 11) is 0. The third-order valence-electron chi connectivity index (χ3n) is 1.53. The molecule has 0 spiro atoms. The summed E-state index contributed by atoms with van der Waals surface area (Å²) in [6, 6.07) is 8.10. The molecule has 68 valence electrons. The molecule has 1 amide bonds. The number of hydrogen-bond acceptors (Lipinski definition) is 1. The molecule has 13 heavy (non-hydrogen) atoms. The number of carbonyl (C=O) groups is 1. The lowest BCUT2D eigenvalue weighted by atomic mass is 10.3. The van der Waals surface area contributed by atoms with Gasteiger partial charge in [0.1, 0.15) is 0 Å². The van der Waals surface area contributed by atoms with E-state index in [-0.39, 0.29) is 16.4 Å². The third-order valence-corrected chi connectivity index (χ3v) is 1.53. The average molecular weight is 179 g/mol. The Kier molecular flexibility index (Phi) is 2.80. The van der Waals surface area contributed by atoms with Gasteiger partial charge >= 0.3 is 0 Å². The van der Waals surface area contributed by atoms with E-state index in [9.17, 15) is 9.28 Å². The first-order chi connectivity index (χ1) is 6.13. The molecule has 0 fully saturated rings. The zero-order valence-corrected chi connectivity index (χ0v) is 7.33. The molecule has 0 saturated heterocycles. The molecule has 0 atom stereocenters. The van der Waals surface area contributed by atoms with Crippen molar-refractivity contribution in [2.24, 2.45) is 0 Å². The summed E-state index contributed by atoms with van der Waals surface area (Å²) in [4.78, 5) is 11.1. The number of rotatable bonds is 2. The topological polar surface area (TPSA) is 20.3 Å². The lowest BCUT2D eigenvalue weighted by molar-refractivity contribution is -0.117. The van der Waals surface area contributed by atoms with Gasteiger partial charge in [-0.25, -0.2) is 0 Å². The second-order valence-corrected chi connectivity index (χ2v) is 2.70. The highest BCUT2D eigenvalue weighted by molar-refractivity contribution is 6.03. The monoisotopic (exact) mass is 179 g/mol. The van der Waals surface area contributed by atoms with Crippen LogP contribution in [-0.2, 0) is 4.79 Å². The van der Waals surface area contributed by atoms with Gasteiger partial charge in [-0.2, -0.15) is 0 Å². The van der Waals surface area contributed by atoms with Crippen molar-refractivity contribution < 1.29 is 9.28 Å². The Hall–Kier alpha value is -1.64. The molecular formula is C10H10FNO. The van der Waals surface area contributed by atoms with E-state index in [1.54, 1.807) is 18.2 Å². The van der Waals surface area contributed by atoms with Crippen LogP contribution in [0.15, 0.2) is 42.5 Å². The van der Waals surface area contributed by atoms with Crippen LogP contribution in [0.1, 0.15) is 6.92 Å². The van der Waals surface area contributed by atoms with Gasteiger partial charge in [0.25, 0.3) is 5.91 Å². The van der Waals surface area contributed by atoms with Gasteiger partial charge in [-0.05, 0) is 19.1 Å². The van der Waals surface area contributed by atoms with E-state index in [0.717, 1.165) is 0 Å². The molecule has 0 radical (unpaired) electrons. The number of halogens is 1. The van der Waals surface area contributed by atoms with Gasteiger partial charge in [0, 0.05) is 5.57 Å². The summed E-state index contributed by atoms with van der Waals surface area (Å²) >= 11 is 0. The van der Waals surface area contributed by atoms with Crippen molar-refractivity contribution in [2.75, 3.05) is 5.12 Å². The predicted molar refractivity (Wildman–Crippen MR) is 49.9 cm³/mol. The fourth-order valence-electron chi connectivity index (χ4n) is 0.844. The summed E-state index contributed by atoms with van der Waals surface area (Å²) < 4.78 is 13.2. The third kappa shape index (κ3) is 2.15. The van der Waals surface area contributed by atoms with Crippen molar-refractivity contribution in [3.05, 3.63) is 42.5 Å². The molecule has 0 unspecified atom stereocenters. The second-order valence-electron chi connectivity index (χ2n) is 2.70. The maximum absolute atomic E-state index is 13.2. The zero-order valence-electron chi connectivity index (χ0n) is 7.33. The summed E-state index contributed by atoms with van der Waals surface area (Å²) in [6.07, 6.45) is 0. The predicted octanol–water partition coefficient (Wildman–Crippen LogP) is 2.48. The number of benzene rings is 1. The maximum atomic E-state index is 13.2. The first-order valence-corrected chi connectivity index (χ1v) is 3.83. The van der Waals surface area contributed by atoms with Crippen molar-refractivity contribution in [1.29, 1.82) is 0 Å². The Balaban J connectivity index is 2.86. The molecule has 0 aliphatic carbocycles. The summed E-state index contributed by atoms with van der Waals surface area (Å²) in [5.74, 6) is -0.716. The summed E-state index contributed by atoms with van der Waals surface area (Å²) in [5, 5.41) is 0.0856. The molecule has 0 aromatic heterocycles. The Labute approximate surface area is 76.2 Å². The second kappa shape index (κ2) is 3.85. The minimum atomic E-state index is -0.716. The smallest absolute Gasteiger partial charge is 0.266 e. The molecule has 0 aliphatic heterocycles. The van der Waals surface area contributed by atoms with Crippen molar-refractivity contribution in [1.82, 2.24) is 0 Å². The minimum Gasteiger partial charge on any atom is -0.266 e. The molecule has 1 aromatic rings. The van der Waals surface area contributed by atoms with E-state index in [4.69, 9.17) is 0 Å². The molecule has 1 aromatic carbocycles. The van der Waals surface area contributed by atoms with Crippen LogP contribution in [0.5, 0.6) is 0 Å². The molecule has 0 saturated carbocycles. The van der Waals surface area contributed by atoms with Gasteiger partial charge in [0.2, 0.25) is 0 Å². The fourth-order valence-corrected chi connectivity index (χ4v) is 0.844. The van der Waals surface area contributed by atoms with Crippen molar-refractivity contribution in [3.63, 3.8) is 0 Å². The van der Waals surface area contributed by atoms with Crippen LogP contribution in [0.25, 0.3) is 0 Å². The van der Waals surface area contributed by atoms with Crippen LogP contribution in [0.4, 0.5) is 10.2 Å². The lowest BCUT2D eigenvalue weighted by Gasteiger charge is -2.10. The number of hydrogen-bond donors (Lipinski definition) is 0. The molecule has 0 heterocycles. The van der Waals surface area contributed by atoms with E-state index >= 15 is 0 Å². The number of nitrogens with zero attached hydrogens (tertiary/aromatic N) is 1. The van der Waals surface area contributed by atoms with Gasteiger partial charge in [-0.15, -0.1) is 5.12 Å². The Bertz CT molecular complexity index is 321. The summed E-state index contributed by atoms with van der Waals surface area (Å²) in [5.41, 5.74) is 0.391. The van der Waals surface area contributed by atoms with Crippen LogP contribution in [-0.4, -0.2) is 5.91 Å². The van der Waals surface area contributed by atoms with Crippen LogP contribution in [0.3, 0.4) is 0 Å². The molecule has 2 nitrogen and oxygen atoms in total. The fraction of sp³-hybridized carbons (Fsp3) is 0.100. The van der Waals surface area contributed by atoms with Crippen molar-refractivity contribution in [2.45, 2.75) is 6.92 Å². The number of anilines is 1. The quantitative estimate of drug-likeness (QED) is 0.504. The van der Waals surface area contributed by atoms with Crippen LogP contribution < -0.4 is 5.12 Å². The van der Waals surface area contributed by atoms with Crippen molar-refractivity contribution >= 4 is 11.6 Å². The maximum Gasteiger partial charge on any atom is 0.281 e. The van der Waals surface area contributed by atoms with E-state index < -0.39 is 5.91 Å². The van der Waals surface area contributed by atoms with Gasteiger partial charge in [0.15, 0.2) is 0 Å². The number of amides is 1. The minimum absolute atomic E-state index is 0.0856. The Morgan fingerprint density at radius 2 is 1.92 bits per heavy atom. The molecule has 0 bridgehead atoms. The Morgan fingerprint density at radius 3 is 2.38 bits per heavy atom. The van der Waals surface area contributed by atoms with Gasteiger partial charge in [-0.1, -0.05) is 29.3 Å². The lowest BCUT2D eigenvalue weighted by Crippen LogP contribution is -2.21. The zero-order chi connectivity index (χ0) is 9.84. The first kappa shape index (κ1) is 9.45. The molecule has 0 aliphatic rings. The number of carbonyl (C=O) groups excluding carboxylic acids is 1. The Morgan fingerprint density at radius 1 is 1.38 bits per heavy atom.